The Morgan fingerprint density at radius 1 is 1.29 bits per heavy atom. The molecule has 0 aromatic rings. The summed E-state index contributed by atoms with van der Waals surface area (Å²) in [4.78, 5) is 16.5. The Balaban J connectivity index is 2.16. The molecular weight excluding hydrogens is 176 g/mol. The molecule has 1 heterocycles. The van der Waals surface area contributed by atoms with Crippen LogP contribution in [-0.2, 0) is 4.79 Å². The molecule has 3 atom stereocenters. The number of hydrogen-bond donors (Lipinski definition) is 0. The largest absolute Gasteiger partial charge is 0.306 e. The summed E-state index contributed by atoms with van der Waals surface area (Å²) in [5, 5.41) is 0. The van der Waals surface area contributed by atoms with E-state index in [9.17, 15) is 4.79 Å². The lowest BCUT2D eigenvalue weighted by atomic mass is 9.73. The molecular formula is C11H20N2O. The van der Waals surface area contributed by atoms with Crippen LogP contribution in [0.25, 0.3) is 0 Å². The van der Waals surface area contributed by atoms with Crippen LogP contribution in [0, 0.1) is 11.8 Å². The molecule has 2 fully saturated rings. The predicted octanol–water partition coefficient (Wildman–Crippen LogP) is 0.457. The average molecular weight is 196 g/mol. The van der Waals surface area contributed by atoms with Gasteiger partial charge in [0.25, 0.3) is 0 Å². The first kappa shape index (κ1) is 10.1. The van der Waals surface area contributed by atoms with Crippen LogP contribution < -0.4 is 0 Å². The SMILES string of the molecule is CN1CC2CC[C@@H](N(C)C)C(C1)C2=O. The van der Waals surface area contributed by atoms with Crippen LogP contribution >= 0.6 is 0 Å². The normalized spacial score (nSPS) is 39.1. The second-order valence-corrected chi connectivity index (χ2v) is 5.04. The predicted molar refractivity (Wildman–Crippen MR) is 56.2 cm³/mol. The van der Waals surface area contributed by atoms with E-state index in [1.54, 1.807) is 0 Å². The quantitative estimate of drug-likeness (QED) is 0.608. The second kappa shape index (κ2) is 3.63. The molecule has 0 N–H and O–H groups in total. The summed E-state index contributed by atoms with van der Waals surface area (Å²) in [5.74, 6) is 1.12. The van der Waals surface area contributed by atoms with E-state index in [1.807, 2.05) is 0 Å². The van der Waals surface area contributed by atoms with Gasteiger partial charge in [-0.05, 0) is 34.0 Å². The van der Waals surface area contributed by atoms with Crippen molar-refractivity contribution in [2.45, 2.75) is 18.9 Å². The zero-order chi connectivity index (χ0) is 10.3. The second-order valence-electron chi connectivity index (χ2n) is 5.04. The highest BCUT2D eigenvalue weighted by atomic mass is 16.1. The third-order valence-electron chi connectivity index (χ3n) is 3.75. The molecule has 14 heavy (non-hydrogen) atoms. The van der Waals surface area contributed by atoms with E-state index in [0.717, 1.165) is 19.5 Å². The van der Waals surface area contributed by atoms with E-state index in [2.05, 4.69) is 30.9 Å². The van der Waals surface area contributed by atoms with Gasteiger partial charge in [-0.1, -0.05) is 0 Å². The summed E-state index contributed by atoms with van der Waals surface area (Å²) in [7, 11) is 6.31. The van der Waals surface area contributed by atoms with Crippen molar-refractivity contribution in [1.29, 1.82) is 0 Å². The molecule has 1 saturated heterocycles. The first-order valence-electron chi connectivity index (χ1n) is 5.48. The first-order valence-corrected chi connectivity index (χ1v) is 5.48. The number of hydrogen-bond acceptors (Lipinski definition) is 3. The highest BCUT2D eigenvalue weighted by Crippen LogP contribution is 2.33. The van der Waals surface area contributed by atoms with Gasteiger partial charge in [-0.15, -0.1) is 0 Å². The van der Waals surface area contributed by atoms with E-state index in [0.29, 0.717) is 17.7 Å². The van der Waals surface area contributed by atoms with E-state index < -0.39 is 0 Å². The minimum absolute atomic E-state index is 0.266. The summed E-state index contributed by atoms with van der Waals surface area (Å²) in [5.41, 5.74) is 0. The molecule has 0 aromatic carbocycles. The van der Waals surface area contributed by atoms with Crippen molar-refractivity contribution in [3.63, 3.8) is 0 Å². The standard InChI is InChI=1S/C11H20N2O/c1-12(2)10-5-4-8-6-13(3)7-9(10)11(8)14/h8-10H,4-7H2,1-3H3/t8?,9?,10-/m1/s1. The van der Waals surface area contributed by atoms with Gasteiger partial charge in [0, 0.05) is 31.0 Å². The smallest absolute Gasteiger partial charge is 0.143 e. The highest BCUT2D eigenvalue weighted by molar-refractivity contribution is 5.86. The van der Waals surface area contributed by atoms with Gasteiger partial charge in [-0.3, -0.25) is 4.79 Å². The molecule has 0 amide bonds. The third-order valence-corrected chi connectivity index (χ3v) is 3.75. The highest BCUT2D eigenvalue weighted by Gasteiger charge is 2.42. The Labute approximate surface area is 86.1 Å². The molecule has 1 aliphatic carbocycles. The number of ketones is 1. The summed E-state index contributed by atoms with van der Waals surface area (Å²) in [6.07, 6.45) is 2.28. The Bertz CT molecular complexity index is 239. The van der Waals surface area contributed by atoms with Gasteiger partial charge < -0.3 is 9.80 Å². The minimum Gasteiger partial charge on any atom is -0.306 e. The van der Waals surface area contributed by atoms with Crippen molar-refractivity contribution < 1.29 is 4.79 Å². The number of piperidine rings is 1. The maximum atomic E-state index is 12.0. The van der Waals surface area contributed by atoms with Gasteiger partial charge in [0.15, 0.2) is 0 Å². The Hall–Kier alpha value is -0.410. The van der Waals surface area contributed by atoms with Gasteiger partial charge >= 0.3 is 0 Å². The Morgan fingerprint density at radius 2 is 2.00 bits per heavy atom. The number of Topliss-reactive ketones (excluding diaryl/α,β-unsaturated/α-hetero) is 1. The van der Waals surface area contributed by atoms with Crippen LogP contribution in [-0.4, -0.2) is 55.9 Å². The van der Waals surface area contributed by atoms with Gasteiger partial charge in [0.1, 0.15) is 5.78 Å². The fourth-order valence-electron chi connectivity index (χ4n) is 3.01. The molecule has 0 spiro atoms. The molecule has 80 valence electrons. The van der Waals surface area contributed by atoms with Crippen molar-refractivity contribution in [2.24, 2.45) is 11.8 Å². The maximum absolute atomic E-state index is 12.0. The number of likely N-dealkylation sites (tertiary alicyclic amines) is 1. The van der Waals surface area contributed by atoms with Crippen LogP contribution in [0.3, 0.4) is 0 Å². The van der Waals surface area contributed by atoms with Crippen molar-refractivity contribution in [3.8, 4) is 0 Å². The molecule has 2 unspecified atom stereocenters. The van der Waals surface area contributed by atoms with Gasteiger partial charge in [0.05, 0.1) is 0 Å². The van der Waals surface area contributed by atoms with Crippen LogP contribution in [0.15, 0.2) is 0 Å². The van der Waals surface area contributed by atoms with Crippen molar-refractivity contribution >= 4 is 5.78 Å². The summed E-state index contributed by atoms with van der Waals surface area (Å²) >= 11 is 0. The Morgan fingerprint density at radius 3 is 2.64 bits per heavy atom. The molecule has 0 aromatic heterocycles. The average Bonchev–Trinajstić information content (AvgIpc) is 2.07. The topological polar surface area (TPSA) is 23.6 Å². The third kappa shape index (κ3) is 1.59. The molecule has 2 rings (SSSR count). The lowest BCUT2D eigenvalue weighted by Crippen LogP contribution is -2.56. The lowest BCUT2D eigenvalue weighted by Gasteiger charge is -2.45. The Kier molecular flexibility index (Phi) is 2.62. The molecule has 0 radical (unpaired) electrons. The lowest BCUT2D eigenvalue weighted by molar-refractivity contribution is -0.137. The van der Waals surface area contributed by atoms with Crippen molar-refractivity contribution in [2.75, 3.05) is 34.2 Å². The van der Waals surface area contributed by atoms with Gasteiger partial charge in [0.2, 0.25) is 0 Å². The zero-order valence-electron chi connectivity index (χ0n) is 9.36. The fraction of sp³-hybridized carbons (Fsp3) is 0.909. The van der Waals surface area contributed by atoms with Gasteiger partial charge in [-0.2, -0.15) is 0 Å². The number of fused-ring (bicyclic) bond motifs is 2. The van der Waals surface area contributed by atoms with Crippen molar-refractivity contribution in [3.05, 3.63) is 0 Å². The van der Waals surface area contributed by atoms with Crippen LogP contribution in [0.5, 0.6) is 0 Å². The molecule has 3 nitrogen and oxygen atoms in total. The first-order chi connectivity index (χ1) is 6.59. The van der Waals surface area contributed by atoms with E-state index >= 15 is 0 Å². The summed E-state index contributed by atoms with van der Waals surface area (Å²) in [6.45, 7) is 1.94. The molecule has 2 bridgehead atoms. The van der Waals surface area contributed by atoms with Crippen molar-refractivity contribution in [1.82, 2.24) is 9.80 Å². The number of nitrogens with zero attached hydrogens (tertiary/aromatic N) is 2. The summed E-state index contributed by atoms with van der Waals surface area (Å²) in [6, 6.07) is 0.474. The van der Waals surface area contributed by atoms with E-state index in [4.69, 9.17) is 0 Å². The monoisotopic (exact) mass is 196 g/mol. The van der Waals surface area contributed by atoms with E-state index in [-0.39, 0.29) is 5.92 Å². The van der Waals surface area contributed by atoms with Crippen LogP contribution in [0.1, 0.15) is 12.8 Å². The molecule has 3 heteroatoms. The van der Waals surface area contributed by atoms with Crippen LogP contribution in [0.2, 0.25) is 0 Å². The van der Waals surface area contributed by atoms with Gasteiger partial charge in [-0.25, -0.2) is 0 Å². The fourth-order valence-corrected chi connectivity index (χ4v) is 3.01. The molecule has 1 saturated carbocycles. The van der Waals surface area contributed by atoms with E-state index in [1.165, 1.54) is 6.42 Å². The summed E-state index contributed by atoms with van der Waals surface area (Å²) < 4.78 is 0. The zero-order valence-corrected chi connectivity index (χ0v) is 9.36. The number of carbonyl (C=O) groups excluding carboxylic acids is 1. The molecule has 1 aliphatic heterocycles. The number of rotatable bonds is 1. The number of carbonyl (C=O) groups is 1. The maximum Gasteiger partial charge on any atom is 0.143 e. The van der Waals surface area contributed by atoms with Crippen LogP contribution in [0.4, 0.5) is 0 Å². The molecule has 2 aliphatic rings. The minimum atomic E-state index is 0.266.